The van der Waals surface area contributed by atoms with E-state index in [0.29, 0.717) is 6.54 Å². The first-order valence-electron chi connectivity index (χ1n) is 8.00. The average molecular weight is 342 g/mol. The van der Waals surface area contributed by atoms with Crippen molar-refractivity contribution in [1.82, 2.24) is 15.6 Å². The molecule has 3 aromatic rings. The van der Waals surface area contributed by atoms with Crippen molar-refractivity contribution in [2.45, 2.75) is 26.8 Å². The third-order valence-corrected chi connectivity index (χ3v) is 4.74. The molecule has 2 heterocycles. The molecular weight excluding hydrogens is 320 g/mol. The van der Waals surface area contributed by atoms with Crippen LogP contribution < -0.4 is 10.6 Å². The Balaban J connectivity index is 1.54. The Morgan fingerprint density at radius 3 is 2.79 bits per heavy atom. The summed E-state index contributed by atoms with van der Waals surface area (Å²) in [4.78, 5) is 8.72. The van der Waals surface area contributed by atoms with Crippen LogP contribution in [0.2, 0.25) is 0 Å². The largest absolute Gasteiger partial charge is 0.459 e. The van der Waals surface area contributed by atoms with Crippen molar-refractivity contribution in [3.8, 4) is 0 Å². The first kappa shape index (κ1) is 16.5. The van der Waals surface area contributed by atoms with Gasteiger partial charge in [0.15, 0.2) is 5.96 Å². The van der Waals surface area contributed by atoms with Crippen LogP contribution in [0.5, 0.6) is 0 Å². The number of guanidine groups is 1. The average Bonchev–Trinajstić information content (AvgIpc) is 3.15. The number of furan rings is 1. The van der Waals surface area contributed by atoms with E-state index >= 15 is 0 Å². The normalized spacial score (nSPS) is 11.9. The molecule has 0 unspecified atom stereocenters. The third kappa shape index (κ3) is 3.76. The highest BCUT2D eigenvalue weighted by atomic mass is 32.1. The van der Waals surface area contributed by atoms with Crippen molar-refractivity contribution in [3.63, 3.8) is 0 Å². The summed E-state index contributed by atoms with van der Waals surface area (Å²) in [5.41, 5.74) is 3.22. The minimum Gasteiger partial charge on any atom is -0.459 e. The van der Waals surface area contributed by atoms with Crippen LogP contribution in [0.25, 0.3) is 11.0 Å². The van der Waals surface area contributed by atoms with E-state index in [1.54, 1.807) is 18.4 Å². The smallest absolute Gasteiger partial charge is 0.191 e. The number of aryl methyl sites for hydroxylation is 2. The van der Waals surface area contributed by atoms with Gasteiger partial charge in [0.25, 0.3) is 0 Å². The number of hydrogen-bond donors (Lipinski definition) is 2. The summed E-state index contributed by atoms with van der Waals surface area (Å²) < 4.78 is 5.92. The minimum absolute atomic E-state index is 0.607. The molecule has 6 heteroatoms. The summed E-state index contributed by atoms with van der Waals surface area (Å²) >= 11 is 1.68. The summed E-state index contributed by atoms with van der Waals surface area (Å²) in [5, 5.41) is 11.0. The van der Waals surface area contributed by atoms with Crippen LogP contribution in [0.15, 0.2) is 39.1 Å². The molecule has 0 atom stereocenters. The maximum atomic E-state index is 5.92. The third-order valence-electron chi connectivity index (χ3n) is 3.92. The fourth-order valence-electron chi connectivity index (χ4n) is 2.61. The number of para-hydroxylation sites is 1. The van der Waals surface area contributed by atoms with Crippen molar-refractivity contribution in [1.29, 1.82) is 0 Å². The van der Waals surface area contributed by atoms with Gasteiger partial charge in [0.2, 0.25) is 0 Å². The summed E-state index contributed by atoms with van der Waals surface area (Å²) in [6.45, 7) is 5.51. The lowest BCUT2D eigenvalue weighted by Gasteiger charge is -2.10. The van der Waals surface area contributed by atoms with Gasteiger partial charge in [0.1, 0.15) is 11.3 Å². The molecule has 0 spiro atoms. The van der Waals surface area contributed by atoms with Crippen LogP contribution in [-0.4, -0.2) is 24.5 Å². The molecule has 2 aromatic heterocycles. The number of rotatable bonds is 5. The van der Waals surface area contributed by atoms with Gasteiger partial charge < -0.3 is 15.1 Å². The molecular formula is C18H22N4OS. The van der Waals surface area contributed by atoms with Gasteiger partial charge in [-0.15, -0.1) is 11.3 Å². The Hall–Kier alpha value is -2.34. The molecule has 0 saturated carbocycles. The second-order valence-electron chi connectivity index (χ2n) is 5.61. The number of thiazole rings is 1. The van der Waals surface area contributed by atoms with Gasteiger partial charge in [-0.05, 0) is 19.9 Å². The molecule has 0 aliphatic rings. The number of benzene rings is 1. The summed E-state index contributed by atoms with van der Waals surface area (Å²) in [7, 11) is 1.77. The Labute approximate surface area is 145 Å². The topological polar surface area (TPSA) is 62.5 Å². The van der Waals surface area contributed by atoms with E-state index < -0.39 is 0 Å². The van der Waals surface area contributed by atoms with Gasteiger partial charge in [-0.1, -0.05) is 18.2 Å². The van der Waals surface area contributed by atoms with Crippen LogP contribution in [0.4, 0.5) is 0 Å². The van der Waals surface area contributed by atoms with Gasteiger partial charge >= 0.3 is 0 Å². The van der Waals surface area contributed by atoms with Crippen molar-refractivity contribution >= 4 is 28.3 Å². The summed E-state index contributed by atoms with van der Waals surface area (Å²) in [6, 6.07) is 8.10. The molecule has 0 aliphatic heterocycles. The molecule has 0 aliphatic carbocycles. The van der Waals surface area contributed by atoms with Crippen molar-refractivity contribution in [2.24, 2.45) is 4.99 Å². The highest BCUT2D eigenvalue weighted by Gasteiger charge is 2.10. The van der Waals surface area contributed by atoms with Gasteiger partial charge in [-0.25, -0.2) is 4.98 Å². The number of nitrogens with zero attached hydrogens (tertiary/aromatic N) is 2. The van der Waals surface area contributed by atoms with Crippen molar-refractivity contribution < 1.29 is 4.42 Å². The molecule has 5 nitrogen and oxygen atoms in total. The lowest BCUT2D eigenvalue weighted by molar-refractivity contribution is 0.534. The number of hydrogen-bond acceptors (Lipinski definition) is 4. The lowest BCUT2D eigenvalue weighted by atomic mass is 10.1. The fourth-order valence-corrected chi connectivity index (χ4v) is 3.26. The number of aliphatic imine (C=N–C) groups is 1. The fraction of sp³-hybridized carbons (Fsp3) is 0.333. The van der Waals surface area contributed by atoms with E-state index in [9.17, 15) is 0 Å². The zero-order valence-electron chi connectivity index (χ0n) is 14.2. The van der Waals surface area contributed by atoms with E-state index in [1.807, 2.05) is 25.1 Å². The van der Waals surface area contributed by atoms with Crippen LogP contribution in [0.3, 0.4) is 0 Å². The van der Waals surface area contributed by atoms with Gasteiger partial charge in [-0.3, -0.25) is 4.99 Å². The monoisotopic (exact) mass is 342 g/mol. The zero-order chi connectivity index (χ0) is 16.9. The Morgan fingerprint density at radius 2 is 2.08 bits per heavy atom. The molecule has 2 N–H and O–H groups in total. The second-order valence-corrected chi connectivity index (χ2v) is 6.67. The van der Waals surface area contributed by atoms with Gasteiger partial charge in [-0.2, -0.15) is 0 Å². The zero-order valence-corrected chi connectivity index (χ0v) is 15.0. The predicted octanol–water partition coefficient (Wildman–Crippen LogP) is 3.41. The molecule has 1 aromatic carbocycles. The number of nitrogens with one attached hydrogen (secondary N) is 2. The highest BCUT2D eigenvalue weighted by Crippen LogP contribution is 2.24. The molecule has 24 heavy (non-hydrogen) atoms. The minimum atomic E-state index is 0.607. The predicted molar refractivity (Wildman–Crippen MR) is 99.7 cm³/mol. The molecule has 3 rings (SSSR count). The maximum Gasteiger partial charge on any atom is 0.191 e. The quantitative estimate of drug-likeness (QED) is 0.551. The molecule has 0 saturated heterocycles. The maximum absolute atomic E-state index is 5.92. The second kappa shape index (κ2) is 7.49. The Kier molecular flexibility index (Phi) is 5.15. The Bertz CT molecular complexity index is 850. The standard InChI is InChI=1S/C18H22N4OS/c1-12-15-6-4-5-7-16(15)23-17(12)10-21-18(19-3)20-9-8-14-11-24-13(2)22-14/h4-7,11H,8-10H2,1-3H3,(H2,19,20,21). The van der Waals surface area contributed by atoms with Crippen molar-refractivity contribution in [2.75, 3.05) is 13.6 Å². The van der Waals surface area contributed by atoms with Crippen LogP contribution in [-0.2, 0) is 13.0 Å². The summed E-state index contributed by atoms with van der Waals surface area (Å²) in [5.74, 6) is 1.70. The van der Waals surface area contributed by atoms with Gasteiger partial charge in [0, 0.05) is 36.3 Å². The van der Waals surface area contributed by atoms with E-state index in [1.165, 1.54) is 5.56 Å². The van der Waals surface area contributed by atoms with Crippen molar-refractivity contribution in [3.05, 3.63) is 51.7 Å². The SMILES string of the molecule is CN=C(NCCc1csc(C)n1)NCc1oc2ccccc2c1C. The van der Waals surface area contributed by atoms with E-state index in [2.05, 4.69) is 39.0 Å². The first-order valence-corrected chi connectivity index (χ1v) is 8.88. The number of aromatic nitrogens is 1. The Morgan fingerprint density at radius 1 is 1.25 bits per heavy atom. The molecule has 0 amide bonds. The number of fused-ring (bicyclic) bond motifs is 1. The van der Waals surface area contributed by atoms with E-state index in [0.717, 1.165) is 46.4 Å². The van der Waals surface area contributed by atoms with E-state index in [4.69, 9.17) is 4.42 Å². The molecule has 0 bridgehead atoms. The van der Waals surface area contributed by atoms with Crippen LogP contribution in [0, 0.1) is 13.8 Å². The molecule has 126 valence electrons. The van der Waals surface area contributed by atoms with E-state index in [-0.39, 0.29) is 0 Å². The first-order chi connectivity index (χ1) is 11.7. The van der Waals surface area contributed by atoms with Crippen LogP contribution in [0.1, 0.15) is 22.0 Å². The molecule has 0 fully saturated rings. The summed E-state index contributed by atoms with van der Waals surface area (Å²) in [6.07, 6.45) is 0.884. The van der Waals surface area contributed by atoms with Crippen LogP contribution >= 0.6 is 11.3 Å². The molecule has 0 radical (unpaired) electrons. The highest BCUT2D eigenvalue weighted by molar-refractivity contribution is 7.09. The van der Waals surface area contributed by atoms with Gasteiger partial charge in [0.05, 0.1) is 17.2 Å². The lowest BCUT2D eigenvalue weighted by Crippen LogP contribution is -2.37.